The minimum Gasteiger partial charge on any atom is -0.325 e. The highest BCUT2D eigenvalue weighted by atomic mass is 32.1. The van der Waals surface area contributed by atoms with E-state index in [1.54, 1.807) is 10.6 Å². The molecule has 1 amide bonds. The Morgan fingerprint density at radius 2 is 2.22 bits per heavy atom. The number of aromatic nitrogens is 3. The number of imidazole rings is 1. The van der Waals surface area contributed by atoms with Crippen LogP contribution in [-0.2, 0) is 13.1 Å². The van der Waals surface area contributed by atoms with Crippen molar-refractivity contribution < 1.29 is 9.18 Å². The highest BCUT2D eigenvalue weighted by Gasteiger charge is 2.18. The van der Waals surface area contributed by atoms with E-state index < -0.39 is 0 Å². The number of nitrogens with two attached hydrogens (primary N) is 1. The molecule has 2 heterocycles. The van der Waals surface area contributed by atoms with Gasteiger partial charge in [-0.25, -0.2) is 14.4 Å². The summed E-state index contributed by atoms with van der Waals surface area (Å²) in [4.78, 5) is 21.8. The van der Waals surface area contributed by atoms with Gasteiger partial charge in [0.1, 0.15) is 16.5 Å². The first-order valence-electron chi connectivity index (χ1n) is 7.17. The summed E-state index contributed by atoms with van der Waals surface area (Å²) < 4.78 is 15.2. The van der Waals surface area contributed by atoms with Crippen molar-refractivity contribution in [3.63, 3.8) is 0 Å². The lowest BCUT2D eigenvalue weighted by Crippen LogP contribution is -2.17. The molecular weight excluding hydrogens is 317 g/mol. The molecule has 0 radical (unpaired) electrons. The zero-order chi connectivity index (χ0) is 16.6. The molecule has 120 valence electrons. The summed E-state index contributed by atoms with van der Waals surface area (Å²) in [7, 11) is 0. The average Bonchev–Trinajstić information content (AvgIpc) is 3.06. The van der Waals surface area contributed by atoms with E-state index in [1.807, 2.05) is 13.8 Å². The molecule has 3 aromatic rings. The molecule has 0 saturated carbocycles. The van der Waals surface area contributed by atoms with Crippen LogP contribution in [0.5, 0.6) is 0 Å². The quantitative estimate of drug-likeness (QED) is 0.768. The molecule has 3 rings (SSSR count). The van der Waals surface area contributed by atoms with E-state index in [-0.39, 0.29) is 11.7 Å². The first-order valence-corrected chi connectivity index (χ1v) is 7.98. The fourth-order valence-corrected chi connectivity index (χ4v) is 3.23. The number of hydrogen-bond donors (Lipinski definition) is 2. The Kier molecular flexibility index (Phi) is 4.10. The SMILES string of the molecule is CCn1c(NC(=O)c2nc(CN)sc2C)nc2ccc(F)cc21. The lowest BCUT2D eigenvalue weighted by molar-refractivity contribution is 0.102. The molecule has 0 aliphatic heterocycles. The maximum Gasteiger partial charge on any atom is 0.277 e. The molecule has 1 aromatic carbocycles. The van der Waals surface area contributed by atoms with Crippen LogP contribution in [0.25, 0.3) is 11.0 Å². The topological polar surface area (TPSA) is 85.8 Å². The number of benzene rings is 1. The van der Waals surface area contributed by atoms with Gasteiger partial charge in [0.2, 0.25) is 5.95 Å². The van der Waals surface area contributed by atoms with E-state index in [2.05, 4.69) is 15.3 Å². The molecule has 3 N–H and O–H groups in total. The highest BCUT2D eigenvalue weighted by molar-refractivity contribution is 7.11. The van der Waals surface area contributed by atoms with E-state index in [1.165, 1.54) is 23.5 Å². The van der Waals surface area contributed by atoms with Gasteiger partial charge in [0, 0.05) is 18.0 Å². The predicted molar refractivity (Wildman–Crippen MR) is 88.1 cm³/mol. The number of hydrogen-bond acceptors (Lipinski definition) is 5. The number of nitrogens with one attached hydrogen (secondary N) is 1. The van der Waals surface area contributed by atoms with Crippen molar-refractivity contribution in [2.24, 2.45) is 5.73 Å². The second-order valence-electron chi connectivity index (χ2n) is 4.98. The van der Waals surface area contributed by atoms with Crippen molar-refractivity contribution in [2.45, 2.75) is 26.9 Å². The molecule has 0 fully saturated rings. The molecule has 0 bridgehead atoms. The number of fused-ring (bicyclic) bond motifs is 1. The summed E-state index contributed by atoms with van der Waals surface area (Å²) in [6, 6.07) is 4.34. The van der Waals surface area contributed by atoms with Gasteiger partial charge in [0.25, 0.3) is 5.91 Å². The van der Waals surface area contributed by atoms with Crippen LogP contribution in [-0.4, -0.2) is 20.4 Å². The molecule has 6 nitrogen and oxygen atoms in total. The van der Waals surface area contributed by atoms with Crippen molar-refractivity contribution in [1.82, 2.24) is 14.5 Å². The van der Waals surface area contributed by atoms with Gasteiger partial charge in [-0.15, -0.1) is 11.3 Å². The Bertz CT molecular complexity index is 886. The molecule has 2 aromatic heterocycles. The average molecular weight is 333 g/mol. The fourth-order valence-electron chi connectivity index (χ4n) is 2.42. The lowest BCUT2D eigenvalue weighted by atomic mass is 10.3. The Morgan fingerprint density at radius 3 is 2.87 bits per heavy atom. The van der Waals surface area contributed by atoms with Crippen LogP contribution < -0.4 is 11.1 Å². The van der Waals surface area contributed by atoms with Crippen LogP contribution in [0.1, 0.15) is 27.3 Å². The summed E-state index contributed by atoms with van der Waals surface area (Å²) in [5.74, 6) is -0.309. The summed E-state index contributed by atoms with van der Waals surface area (Å²) in [5, 5.41) is 3.47. The number of anilines is 1. The zero-order valence-electron chi connectivity index (χ0n) is 12.8. The van der Waals surface area contributed by atoms with Crippen molar-refractivity contribution >= 4 is 34.2 Å². The van der Waals surface area contributed by atoms with Gasteiger partial charge in [0.15, 0.2) is 0 Å². The Balaban J connectivity index is 1.97. The first kappa shape index (κ1) is 15.6. The molecule has 0 unspecified atom stereocenters. The minimum atomic E-state index is -0.344. The third kappa shape index (κ3) is 2.82. The number of rotatable bonds is 4. The number of halogens is 1. The maximum absolute atomic E-state index is 13.4. The van der Waals surface area contributed by atoms with E-state index in [4.69, 9.17) is 5.73 Å². The van der Waals surface area contributed by atoms with Crippen molar-refractivity contribution in [3.05, 3.63) is 39.6 Å². The lowest BCUT2D eigenvalue weighted by Gasteiger charge is -2.06. The zero-order valence-corrected chi connectivity index (χ0v) is 13.6. The second-order valence-corrected chi connectivity index (χ2v) is 6.27. The monoisotopic (exact) mass is 333 g/mol. The molecule has 23 heavy (non-hydrogen) atoms. The normalized spacial score (nSPS) is 11.1. The molecule has 0 aliphatic carbocycles. The van der Waals surface area contributed by atoms with Crippen LogP contribution in [0.4, 0.5) is 10.3 Å². The van der Waals surface area contributed by atoms with Gasteiger partial charge in [-0.3, -0.25) is 10.1 Å². The largest absolute Gasteiger partial charge is 0.325 e. The number of nitrogens with zero attached hydrogens (tertiary/aromatic N) is 3. The predicted octanol–water partition coefficient (Wildman–Crippen LogP) is 2.67. The standard InChI is InChI=1S/C15H16FN5OS/c1-3-21-11-6-9(16)4-5-10(11)18-15(21)20-14(22)13-8(2)23-12(7-17)19-13/h4-6H,3,7,17H2,1-2H3,(H,18,20,22). The van der Waals surface area contributed by atoms with Crippen molar-refractivity contribution in [1.29, 1.82) is 0 Å². The summed E-state index contributed by atoms with van der Waals surface area (Å²) in [6.45, 7) is 4.58. The van der Waals surface area contributed by atoms with E-state index in [0.29, 0.717) is 40.8 Å². The van der Waals surface area contributed by atoms with Crippen LogP contribution in [0.3, 0.4) is 0 Å². The van der Waals surface area contributed by atoms with Gasteiger partial charge in [-0.1, -0.05) is 0 Å². The minimum absolute atomic E-state index is 0.297. The van der Waals surface area contributed by atoms with Gasteiger partial charge < -0.3 is 10.3 Å². The van der Waals surface area contributed by atoms with E-state index in [9.17, 15) is 9.18 Å². The van der Waals surface area contributed by atoms with Crippen molar-refractivity contribution in [3.8, 4) is 0 Å². The van der Waals surface area contributed by atoms with Crippen LogP contribution in [0.2, 0.25) is 0 Å². The molecule has 0 aliphatic rings. The van der Waals surface area contributed by atoms with Gasteiger partial charge in [-0.05, 0) is 32.0 Å². The molecular formula is C15H16FN5OS. The Hall–Kier alpha value is -2.32. The van der Waals surface area contributed by atoms with Gasteiger partial charge in [0.05, 0.1) is 11.0 Å². The number of aryl methyl sites for hydroxylation is 2. The van der Waals surface area contributed by atoms with Crippen LogP contribution in [0.15, 0.2) is 18.2 Å². The maximum atomic E-state index is 13.4. The molecule has 8 heteroatoms. The number of carbonyl (C=O) groups excluding carboxylic acids is 1. The van der Waals surface area contributed by atoms with Gasteiger partial charge in [-0.2, -0.15) is 0 Å². The number of carbonyl (C=O) groups is 1. The van der Waals surface area contributed by atoms with E-state index >= 15 is 0 Å². The second kappa shape index (κ2) is 6.05. The number of thiazole rings is 1. The summed E-state index contributed by atoms with van der Waals surface area (Å²) in [6.07, 6.45) is 0. The molecule has 0 atom stereocenters. The third-order valence-corrected chi connectivity index (χ3v) is 4.48. The third-order valence-electron chi connectivity index (χ3n) is 3.48. The van der Waals surface area contributed by atoms with Crippen LogP contribution >= 0.6 is 11.3 Å². The first-order chi connectivity index (χ1) is 11.0. The summed E-state index contributed by atoms with van der Waals surface area (Å²) >= 11 is 1.40. The smallest absolute Gasteiger partial charge is 0.277 e. The number of amides is 1. The molecule has 0 spiro atoms. The Labute approximate surface area is 136 Å². The Morgan fingerprint density at radius 1 is 1.43 bits per heavy atom. The van der Waals surface area contributed by atoms with Gasteiger partial charge >= 0.3 is 0 Å². The van der Waals surface area contributed by atoms with Crippen LogP contribution in [0, 0.1) is 12.7 Å². The molecule has 0 saturated heterocycles. The van der Waals surface area contributed by atoms with Crippen molar-refractivity contribution in [2.75, 3.05) is 5.32 Å². The summed E-state index contributed by atoms with van der Waals surface area (Å²) in [5.41, 5.74) is 7.17. The van der Waals surface area contributed by atoms with E-state index in [0.717, 1.165) is 4.88 Å². The highest BCUT2D eigenvalue weighted by Crippen LogP contribution is 2.22. The fraction of sp³-hybridized carbons (Fsp3) is 0.267.